The summed E-state index contributed by atoms with van der Waals surface area (Å²) < 4.78 is 20.7. The van der Waals surface area contributed by atoms with Crippen molar-refractivity contribution in [2.45, 2.75) is 30.8 Å². The first-order valence-corrected chi connectivity index (χ1v) is 12.3. The van der Waals surface area contributed by atoms with E-state index in [9.17, 15) is 9.18 Å². The Morgan fingerprint density at radius 1 is 1.09 bits per heavy atom. The number of aromatic nitrogens is 3. The first kappa shape index (κ1) is 23.9. The van der Waals surface area contributed by atoms with Gasteiger partial charge in [0.25, 0.3) is 5.91 Å². The Balaban J connectivity index is 1.41. The van der Waals surface area contributed by atoms with Crippen molar-refractivity contribution in [1.29, 1.82) is 0 Å². The number of imidazole rings is 1. The molecular weight excluding hydrogens is 451 g/mol. The summed E-state index contributed by atoms with van der Waals surface area (Å²) in [7, 11) is 0. The highest BCUT2D eigenvalue weighted by atomic mass is 32.2. The number of nitrogens with zero attached hydrogens (tertiary/aromatic N) is 3. The Morgan fingerprint density at radius 2 is 1.85 bits per heavy atom. The number of carbonyl (C=O) groups excluding carboxylic acids is 1. The van der Waals surface area contributed by atoms with Gasteiger partial charge in [0.2, 0.25) is 0 Å². The zero-order valence-electron chi connectivity index (χ0n) is 19.0. The fraction of sp³-hybridized carbons (Fsp3) is 0.269. The van der Waals surface area contributed by atoms with Crippen LogP contribution in [-0.2, 0) is 17.0 Å². The Labute approximate surface area is 202 Å². The van der Waals surface area contributed by atoms with Crippen LogP contribution in [0.15, 0.2) is 72.0 Å². The van der Waals surface area contributed by atoms with Gasteiger partial charge in [-0.05, 0) is 60.9 Å². The molecule has 0 radical (unpaired) electrons. The quantitative estimate of drug-likeness (QED) is 0.241. The first-order chi connectivity index (χ1) is 16.6. The molecule has 6 nitrogen and oxygen atoms in total. The maximum Gasteiger partial charge on any atom is 0.251 e. The molecule has 2 heterocycles. The van der Waals surface area contributed by atoms with Crippen LogP contribution in [0.5, 0.6) is 0 Å². The van der Waals surface area contributed by atoms with Crippen molar-refractivity contribution in [3.05, 3.63) is 89.4 Å². The minimum atomic E-state index is -0.255. The van der Waals surface area contributed by atoms with Gasteiger partial charge in [-0.2, -0.15) is 0 Å². The van der Waals surface area contributed by atoms with Crippen LogP contribution in [0.1, 0.15) is 34.8 Å². The molecule has 4 aromatic rings. The number of benzene rings is 2. The third-order valence-electron chi connectivity index (χ3n) is 5.26. The highest BCUT2D eigenvalue weighted by Gasteiger charge is 2.13. The van der Waals surface area contributed by atoms with Crippen molar-refractivity contribution in [3.63, 3.8) is 0 Å². The second-order valence-electron chi connectivity index (χ2n) is 7.75. The summed E-state index contributed by atoms with van der Waals surface area (Å²) >= 11 is 1.61. The number of pyridine rings is 1. The smallest absolute Gasteiger partial charge is 0.251 e. The van der Waals surface area contributed by atoms with E-state index in [-0.39, 0.29) is 11.7 Å². The van der Waals surface area contributed by atoms with Crippen LogP contribution in [0.2, 0.25) is 0 Å². The molecule has 1 N–H and O–H groups in total. The van der Waals surface area contributed by atoms with Crippen molar-refractivity contribution in [3.8, 4) is 0 Å². The molecule has 0 fully saturated rings. The highest BCUT2D eigenvalue weighted by Crippen LogP contribution is 2.27. The van der Waals surface area contributed by atoms with E-state index < -0.39 is 0 Å². The number of carbonyl (C=O) groups is 1. The Bertz CT molecular complexity index is 1230. The summed E-state index contributed by atoms with van der Waals surface area (Å²) in [6.07, 6.45) is 2.54. The molecule has 34 heavy (non-hydrogen) atoms. The largest absolute Gasteiger partial charge is 0.382 e. The molecule has 0 aliphatic carbocycles. The standard InChI is InChI=1S/C26H27FN4O2S/c1-2-33-16-4-15-29-25(32)21-10-6-20(7-11-21)18-34-26-30-23-5-3-14-28-24(23)31(26)17-19-8-12-22(27)13-9-19/h3,5-14H,2,4,15-18H2,1H3,(H,29,32). The lowest BCUT2D eigenvalue weighted by Crippen LogP contribution is -2.25. The molecule has 0 bridgehead atoms. The second kappa shape index (κ2) is 11.8. The lowest BCUT2D eigenvalue weighted by Gasteiger charge is -2.09. The monoisotopic (exact) mass is 478 g/mol. The molecule has 0 saturated heterocycles. The van der Waals surface area contributed by atoms with Crippen LogP contribution >= 0.6 is 11.8 Å². The number of hydrogen-bond donors (Lipinski definition) is 1. The van der Waals surface area contributed by atoms with E-state index in [1.165, 1.54) is 12.1 Å². The summed E-state index contributed by atoms with van der Waals surface area (Å²) in [5.41, 5.74) is 4.32. The van der Waals surface area contributed by atoms with Gasteiger partial charge in [-0.3, -0.25) is 9.36 Å². The maximum absolute atomic E-state index is 13.3. The summed E-state index contributed by atoms with van der Waals surface area (Å²) in [5, 5.41) is 3.76. The van der Waals surface area contributed by atoms with Gasteiger partial charge >= 0.3 is 0 Å². The average Bonchev–Trinajstić information content (AvgIpc) is 3.21. The van der Waals surface area contributed by atoms with Crippen LogP contribution in [0.25, 0.3) is 11.2 Å². The van der Waals surface area contributed by atoms with E-state index in [1.54, 1.807) is 30.1 Å². The number of rotatable bonds is 11. The van der Waals surface area contributed by atoms with Crippen LogP contribution in [0.4, 0.5) is 4.39 Å². The van der Waals surface area contributed by atoms with E-state index in [0.29, 0.717) is 37.6 Å². The topological polar surface area (TPSA) is 69.0 Å². The Hall–Kier alpha value is -3.23. The van der Waals surface area contributed by atoms with Crippen molar-refractivity contribution in [2.75, 3.05) is 19.8 Å². The van der Waals surface area contributed by atoms with E-state index >= 15 is 0 Å². The van der Waals surface area contributed by atoms with E-state index in [0.717, 1.165) is 33.9 Å². The molecule has 0 atom stereocenters. The molecule has 0 aliphatic rings. The molecule has 0 unspecified atom stereocenters. The number of hydrogen-bond acceptors (Lipinski definition) is 5. The van der Waals surface area contributed by atoms with Gasteiger partial charge in [0.1, 0.15) is 11.3 Å². The normalized spacial score (nSPS) is 11.1. The van der Waals surface area contributed by atoms with Gasteiger partial charge in [0, 0.05) is 37.3 Å². The number of thioether (sulfide) groups is 1. The third-order valence-corrected chi connectivity index (χ3v) is 6.31. The molecule has 0 saturated carbocycles. The number of amides is 1. The van der Waals surface area contributed by atoms with Gasteiger partial charge < -0.3 is 10.1 Å². The first-order valence-electron chi connectivity index (χ1n) is 11.3. The summed E-state index contributed by atoms with van der Waals surface area (Å²) in [4.78, 5) is 21.6. The minimum Gasteiger partial charge on any atom is -0.382 e. The van der Waals surface area contributed by atoms with Gasteiger partial charge in [-0.1, -0.05) is 36.0 Å². The average molecular weight is 479 g/mol. The SMILES string of the molecule is CCOCCCNC(=O)c1ccc(CSc2nc3cccnc3n2Cc2ccc(F)cc2)cc1. The van der Waals surface area contributed by atoms with Crippen molar-refractivity contribution in [1.82, 2.24) is 19.9 Å². The highest BCUT2D eigenvalue weighted by molar-refractivity contribution is 7.98. The van der Waals surface area contributed by atoms with Gasteiger partial charge in [-0.15, -0.1) is 0 Å². The fourth-order valence-electron chi connectivity index (χ4n) is 3.49. The van der Waals surface area contributed by atoms with Gasteiger partial charge in [0.05, 0.1) is 6.54 Å². The zero-order valence-corrected chi connectivity index (χ0v) is 19.9. The van der Waals surface area contributed by atoms with Gasteiger partial charge in [-0.25, -0.2) is 14.4 Å². The van der Waals surface area contributed by atoms with Crippen LogP contribution in [0.3, 0.4) is 0 Å². The van der Waals surface area contributed by atoms with Crippen molar-refractivity contribution in [2.24, 2.45) is 0 Å². The number of halogens is 1. The molecule has 0 aliphatic heterocycles. The predicted molar refractivity (Wildman–Crippen MR) is 132 cm³/mol. The van der Waals surface area contributed by atoms with Crippen molar-refractivity contribution >= 4 is 28.8 Å². The van der Waals surface area contributed by atoms with E-state index in [2.05, 4.69) is 14.9 Å². The predicted octanol–water partition coefficient (Wildman–Crippen LogP) is 5.07. The lowest BCUT2D eigenvalue weighted by molar-refractivity contribution is 0.0944. The molecular formula is C26H27FN4O2S. The number of fused-ring (bicyclic) bond motifs is 1. The molecule has 0 spiro atoms. The molecule has 176 valence electrons. The summed E-state index contributed by atoms with van der Waals surface area (Å²) in [6, 6.07) is 17.9. The Kier molecular flexibility index (Phi) is 8.27. The second-order valence-corrected chi connectivity index (χ2v) is 8.69. The zero-order chi connectivity index (χ0) is 23.8. The van der Waals surface area contributed by atoms with E-state index in [4.69, 9.17) is 9.72 Å². The van der Waals surface area contributed by atoms with Crippen LogP contribution < -0.4 is 5.32 Å². The summed E-state index contributed by atoms with van der Waals surface area (Å²) in [6.45, 7) is 4.44. The molecule has 8 heteroatoms. The molecule has 2 aromatic carbocycles. The maximum atomic E-state index is 13.3. The minimum absolute atomic E-state index is 0.0807. The Morgan fingerprint density at radius 3 is 2.62 bits per heavy atom. The fourth-order valence-corrected chi connectivity index (χ4v) is 4.44. The number of nitrogens with one attached hydrogen (secondary N) is 1. The molecule has 4 rings (SSSR count). The third kappa shape index (κ3) is 6.21. The molecule has 1 amide bonds. The lowest BCUT2D eigenvalue weighted by atomic mass is 10.1. The molecule has 2 aromatic heterocycles. The summed E-state index contributed by atoms with van der Waals surface area (Å²) in [5.74, 6) is 0.362. The van der Waals surface area contributed by atoms with E-state index in [1.807, 2.05) is 43.3 Å². The van der Waals surface area contributed by atoms with Crippen LogP contribution in [0, 0.1) is 5.82 Å². The van der Waals surface area contributed by atoms with Gasteiger partial charge in [0.15, 0.2) is 10.8 Å². The van der Waals surface area contributed by atoms with Crippen LogP contribution in [-0.4, -0.2) is 40.2 Å². The van der Waals surface area contributed by atoms with Crippen molar-refractivity contribution < 1.29 is 13.9 Å². The number of ether oxygens (including phenoxy) is 1.